The quantitative estimate of drug-likeness (QED) is 0.640. The summed E-state index contributed by atoms with van der Waals surface area (Å²) < 4.78 is 30.8. The average molecular weight is 420 g/mol. The van der Waals surface area contributed by atoms with Crippen molar-refractivity contribution in [3.8, 4) is 5.75 Å². The summed E-state index contributed by atoms with van der Waals surface area (Å²) in [6, 6.07) is 14.7. The zero-order valence-electron chi connectivity index (χ0n) is 17.4. The summed E-state index contributed by atoms with van der Waals surface area (Å²) >= 11 is 0. The number of nitrogens with zero attached hydrogens (tertiary/aromatic N) is 2. The largest absolute Gasteiger partial charge is 0.495 e. The molecule has 1 amide bonds. The Labute approximate surface area is 173 Å². The Kier molecular flexibility index (Phi) is 7.90. The summed E-state index contributed by atoms with van der Waals surface area (Å²) in [4.78, 5) is 14.7. The van der Waals surface area contributed by atoms with Crippen molar-refractivity contribution in [2.75, 3.05) is 42.2 Å². The standard InChI is InChI=1S/C21H29N3O4S/c1-5-23(6-2)18-13-11-17(12-14-18)15-22-21(25)16-24(29(4,26)27)19-9-7-8-10-20(19)28-3/h7-14H,5-6,15-16H2,1-4H3,(H,22,25). The number of carbonyl (C=O) groups excluding carboxylic acids is 1. The van der Waals surface area contributed by atoms with Crippen LogP contribution in [0.4, 0.5) is 11.4 Å². The van der Waals surface area contributed by atoms with Gasteiger partial charge in [0.1, 0.15) is 12.3 Å². The molecule has 0 fully saturated rings. The lowest BCUT2D eigenvalue weighted by Gasteiger charge is -2.23. The van der Waals surface area contributed by atoms with Gasteiger partial charge in [-0.15, -0.1) is 0 Å². The molecule has 2 rings (SSSR count). The third-order valence-corrected chi connectivity index (χ3v) is 5.72. The molecule has 0 saturated carbocycles. The van der Waals surface area contributed by atoms with Gasteiger partial charge >= 0.3 is 0 Å². The van der Waals surface area contributed by atoms with Crippen molar-refractivity contribution in [2.45, 2.75) is 20.4 Å². The molecule has 7 nitrogen and oxygen atoms in total. The van der Waals surface area contributed by atoms with E-state index in [4.69, 9.17) is 4.74 Å². The molecule has 0 aliphatic heterocycles. The number of para-hydroxylation sites is 2. The third kappa shape index (κ3) is 6.12. The molecule has 0 heterocycles. The van der Waals surface area contributed by atoms with Crippen LogP contribution in [0.2, 0.25) is 0 Å². The Morgan fingerprint density at radius 2 is 1.66 bits per heavy atom. The molecule has 0 bridgehead atoms. The van der Waals surface area contributed by atoms with Gasteiger partial charge in [-0.3, -0.25) is 9.10 Å². The minimum Gasteiger partial charge on any atom is -0.495 e. The smallest absolute Gasteiger partial charge is 0.241 e. The molecule has 29 heavy (non-hydrogen) atoms. The maximum atomic E-state index is 12.4. The second-order valence-corrected chi connectivity index (χ2v) is 8.46. The molecule has 158 valence electrons. The van der Waals surface area contributed by atoms with Gasteiger partial charge in [-0.25, -0.2) is 8.42 Å². The zero-order valence-corrected chi connectivity index (χ0v) is 18.2. The number of carbonyl (C=O) groups is 1. The van der Waals surface area contributed by atoms with Crippen LogP contribution in [0.15, 0.2) is 48.5 Å². The fourth-order valence-corrected chi connectivity index (χ4v) is 3.88. The van der Waals surface area contributed by atoms with E-state index >= 15 is 0 Å². The lowest BCUT2D eigenvalue weighted by atomic mass is 10.2. The first-order valence-electron chi connectivity index (χ1n) is 9.51. The first kappa shape index (κ1) is 22.5. The monoisotopic (exact) mass is 419 g/mol. The minimum absolute atomic E-state index is 0.320. The minimum atomic E-state index is -3.66. The van der Waals surface area contributed by atoms with Crippen LogP contribution < -0.4 is 19.3 Å². The van der Waals surface area contributed by atoms with Crippen LogP contribution in [0.1, 0.15) is 19.4 Å². The summed E-state index contributed by atoms with van der Waals surface area (Å²) in [6.45, 7) is 6.06. The molecule has 0 spiro atoms. The van der Waals surface area contributed by atoms with Crippen molar-refractivity contribution >= 4 is 27.3 Å². The highest BCUT2D eigenvalue weighted by Gasteiger charge is 2.23. The number of hydrogen-bond acceptors (Lipinski definition) is 5. The average Bonchev–Trinajstić information content (AvgIpc) is 2.71. The lowest BCUT2D eigenvalue weighted by Crippen LogP contribution is -2.40. The van der Waals surface area contributed by atoms with E-state index in [1.54, 1.807) is 24.3 Å². The van der Waals surface area contributed by atoms with E-state index in [1.807, 2.05) is 24.3 Å². The van der Waals surface area contributed by atoms with Crippen molar-refractivity contribution in [1.82, 2.24) is 5.32 Å². The van der Waals surface area contributed by atoms with Crippen LogP contribution in [-0.2, 0) is 21.4 Å². The highest BCUT2D eigenvalue weighted by molar-refractivity contribution is 7.92. The van der Waals surface area contributed by atoms with E-state index in [0.29, 0.717) is 18.0 Å². The van der Waals surface area contributed by atoms with E-state index in [2.05, 4.69) is 24.1 Å². The van der Waals surface area contributed by atoms with Crippen molar-refractivity contribution in [3.63, 3.8) is 0 Å². The van der Waals surface area contributed by atoms with Gasteiger partial charge in [-0.05, 0) is 43.7 Å². The molecule has 0 saturated heterocycles. The Hall–Kier alpha value is -2.74. The van der Waals surface area contributed by atoms with Gasteiger partial charge in [-0.1, -0.05) is 24.3 Å². The van der Waals surface area contributed by atoms with Crippen LogP contribution >= 0.6 is 0 Å². The first-order chi connectivity index (χ1) is 13.8. The fraction of sp³-hybridized carbons (Fsp3) is 0.381. The zero-order chi connectivity index (χ0) is 21.4. The topological polar surface area (TPSA) is 79.0 Å². The molecule has 0 aromatic heterocycles. The molecule has 0 radical (unpaired) electrons. The van der Waals surface area contributed by atoms with Gasteiger partial charge in [0.15, 0.2) is 0 Å². The number of nitrogens with one attached hydrogen (secondary N) is 1. The molecule has 0 atom stereocenters. The van der Waals surface area contributed by atoms with E-state index < -0.39 is 15.9 Å². The Bertz CT molecular complexity index is 910. The number of anilines is 2. The number of sulfonamides is 1. The van der Waals surface area contributed by atoms with E-state index in [-0.39, 0.29) is 6.54 Å². The Morgan fingerprint density at radius 1 is 1.03 bits per heavy atom. The first-order valence-corrected chi connectivity index (χ1v) is 11.4. The van der Waals surface area contributed by atoms with Crippen LogP contribution in [0.3, 0.4) is 0 Å². The Balaban J connectivity index is 2.06. The van der Waals surface area contributed by atoms with Gasteiger partial charge in [-0.2, -0.15) is 0 Å². The number of methoxy groups -OCH3 is 1. The number of hydrogen-bond donors (Lipinski definition) is 1. The van der Waals surface area contributed by atoms with E-state index in [0.717, 1.165) is 34.9 Å². The van der Waals surface area contributed by atoms with Crippen LogP contribution in [0, 0.1) is 0 Å². The van der Waals surface area contributed by atoms with Gasteiger partial charge in [0.05, 0.1) is 19.1 Å². The normalized spacial score (nSPS) is 11.0. The maximum Gasteiger partial charge on any atom is 0.241 e. The summed E-state index contributed by atoms with van der Waals surface area (Å²) in [5.74, 6) is -0.00753. The van der Waals surface area contributed by atoms with Gasteiger partial charge in [0, 0.05) is 25.3 Å². The molecular formula is C21H29N3O4S. The fourth-order valence-electron chi connectivity index (χ4n) is 3.02. The van der Waals surface area contributed by atoms with Gasteiger partial charge < -0.3 is 15.0 Å². The lowest BCUT2D eigenvalue weighted by molar-refractivity contribution is -0.119. The highest BCUT2D eigenvalue weighted by atomic mass is 32.2. The number of benzene rings is 2. The summed E-state index contributed by atoms with van der Waals surface area (Å²) in [5.41, 5.74) is 2.40. The number of amides is 1. The molecule has 2 aromatic rings. The van der Waals surface area contributed by atoms with Crippen molar-refractivity contribution in [2.24, 2.45) is 0 Å². The molecule has 2 aromatic carbocycles. The molecule has 0 aliphatic carbocycles. The van der Waals surface area contributed by atoms with Crippen molar-refractivity contribution < 1.29 is 17.9 Å². The molecule has 8 heteroatoms. The maximum absolute atomic E-state index is 12.4. The van der Waals surface area contributed by atoms with Crippen molar-refractivity contribution in [3.05, 3.63) is 54.1 Å². The molecular weight excluding hydrogens is 390 g/mol. The van der Waals surface area contributed by atoms with Crippen LogP contribution in [0.25, 0.3) is 0 Å². The number of rotatable bonds is 10. The van der Waals surface area contributed by atoms with E-state index in [9.17, 15) is 13.2 Å². The molecule has 0 unspecified atom stereocenters. The second-order valence-electron chi connectivity index (χ2n) is 6.56. The summed E-state index contributed by atoms with van der Waals surface area (Å²) in [6.07, 6.45) is 1.07. The van der Waals surface area contributed by atoms with Gasteiger partial charge in [0.25, 0.3) is 0 Å². The highest BCUT2D eigenvalue weighted by Crippen LogP contribution is 2.29. The second kappa shape index (κ2) is 10.2. The number of ether oxygens (including phenoxy) is 1. The molecule has 0 aliphatic rings. The third-order valence-electron chi connectivity index (χ3n) is 4.60. The molecule has 1 N–H and O–H groups in total. The summed E-state index contributed by atoms with van der Waals surface area (Å²) in [7, 11) is -2.20. The van der Waals surface area contributed by atoms with Crippen molar-refractivity contribution in [1.29, 1.82) is 0 Å². The summed E-state index contributed by atoms with van der Waals surface area (Å²) in [5, 5.41) is 2.79. The van der Waals surface area contributed by atoms with Crippen LogP contribution in [0.5, 0.6) is 5.75 Å². The Morgan fingerprint density at radius 3 is 2.21 bits per heavy atom. The van der Waals surface area contributed by atoms with Gasteiger partial charge in [0.2, 0.25) is 15.9 Å². The SMILES string of the molecule is CCN(CC)c1ccc(CNC(=O)CN(c2ccccc2OC)S(C)(=O)=O)cc1. The van der Waals surface area contributed by atoms with Crippen LogP contribution in [-0.4, -0.2) is 47.3 Å². The predicted octanol–water partition coefficient (Wildman–Crippen LogP) is 2.62. The predicted molar refractivity (Wildman–Crippen MR) is 117 cm³/mol. The van der Waals surface area contributed by atoms with E-state index in [1.165, 1.54) is 7.11 Å².